The van der Waals surface area contributed by atoms with Gasteiger partial charge in [0.25, 0.3) is 0 Å². The van der Waals surface area contributed by atoms with E-state index in [9.17, 15) is 0 Å². The van der Waals surface area contributed by atoms with Crippen molar-refractivity contribution in [2.24, 2.45) is 0 Å². The topological polar surface area (TPSA) is 97.9 Å². The Bertz CT molecular complexity index is 899. The van der Waals surface area contributed by atoms with Crippen LogP contribution in [0.1, 0.15) is 11.4 Å². The third kappa shape index (κ3) is 3.12. The highest BCUT2D eigenvalue weighted by Crippen LogP contribution is 2.19. The summed E-state index contributed by atoms with van der Waals surface area (Å²) in [5.41, 5.74) is 8.33. The first-order chi connectivity index (χ1) is 12.2. The van der Waals surface area contributed by atoms with E-state index in [0.29, 0.717) is 11.4 Å². The highest BCUT2D eigenvalue weighted by molar-refractivity contribution is 5.74. The Kier molecular flexibility index (Phi) is 3.96. The zero-order valence-corrected chi connectivity index (χ0v) is 13.8. The van der Waals surface area contributed by atoms with E-state index < -0.39 is 0 Å². The van der Waals surface area contributed by atoms with Crippen LogP contribution in [0.2, 0.25) is 0 Å². The van der Waals surface area contributed by atoms with Gasteiger partial charge in [-0.25, -0.2) is 9.97 Å². The van der Waals surface area contributed by atoms with Gasteiger partial charge in [-0.3, -0.25) is 4.90 Å². The second kappa shape index (κ2) is 6.42. The van der Waals surface area contributed by atoms with Crippen LogP contribution in [0.25, 0.3) is 11.0 Å². The van der Waals surface area contributed by atoms with Gasteiger partial charge in [-0.15, -0.1) is 0 Å². The molecule has 0 amide bonds. The van der Waals surface area contributed by atoms with Crippen LogP contribution in [0.5, 0.6) is 0 Å². The summed E-state index contributed by atoms with van der Waals surface area (Å²) in [6, 6.07) is 13.7. The van der Waals surface area contributed by atoms with E-state index in [-0.39, 0.29) is 0 Å². The second-order valence-corrected chi connectivity index (χ2v) is 6.18. The summed E-state index contributed by atoms with van der Waals surface area (Å²) >= 11 is 0. The molecule has 0 atom stereocenters. The number of rotatable bonds is 3. The van der Waals surface area contributed by atoms with E-state index in [1.807, 2.05) is 36.4 Å². The number of anilines is 2. The lowest BCUT2D eigenvalue weighted by Crippen LogP contribution is -2.46. The van der Waals surface area contributed by atoms with Gasteiger partial charge in [-0.2, -0.15) is 5.26 Å². The van der Waals surface area contributed by atoms with Crippen LogP contribution in [-0.4, -0.2) is 46.0 Å². The molecular weight excluding hydrogens is 314 g/mol. The lowest BCUT2D eigenvalue weighted by atomic mass is 10.2. The van der Waals surface area contributed by atoms with Gasteiger partial charge < -0.3 is 15.6 Å². The molecule has 3 N–H and O–H groups in total. The number of H-pyrrole nitrogens is 1. The Morgan fingerprint density at radius 3 is 2.60 bits per heavy atom. The quantitative estimate of drug-likeness (QED) is 0.757. The molecule has 1 aromatic carbocycles. The van der Waals surface area contributed by atoms with Gasteiger partial charge in [0.1, 0.15) is 23.5 Å². The van der Waals surface area contributed by atoms with E-state index >= 15 is 0 Å². The average molecular weight is 333 g/mol. The third-order valence-electron chi connectivity index (χ3n) is 4.54. The van der Waals surface area contributed by atoms with Gasteiger partial charge in [0, 0.05) is 26.2 Å². The van der Waals surface area contributed by atoms with Crippen LogP contribution < -0.4 is 10.6 Å². The minimum Gasteiger partial charge on any atom is -0.383 e. The zero-order chi connectivity index (χ0) is 17.2. The van der Waals surface area contributed by atoms with Crippen molar-refractivity contribution in [1.29, 1.82) is 5.26 Å². The molecule has 25 heavy (non-hydrogen) atoms. The Balaban J connectivity index is 1.39. The minimum atomic E-state index is 0.296. The monoisotopic (exact) mass is 333 g/mol. The first-order valence-corrected chi connectivity index (χ1v) is 8.30. The fraction of sp³-hybridized carbons (Fsp3) is 0.278. The SMILES string of the molecule is N#Cc1ccc(N2CCN(Cc3nc4ccccc4[nH]3)CC2)nc1N. The number of benzene rings is 1. The lowest BCUT2D eigenvalue weighted by molar-refractivity contribution is 0.244. The van der Waals surface area contributed by atoms with Crippen molar-refractivity contribution < 1.29 is 0 Å². The number of imidazole rings is 1. The number of nitrogen functional groups attached to an aromatic ring is 1. The number of nitrogens with one attached hydrogen (secondary N) is 1. The number of para-hydroxylation sites is 2. The van der Waals surface area contributed by atoms with Crippen molar-refractivity contribution in [2.75, 3.05) is 36.8 Å². The van der Waals surface area contributed by atoms with E-state index in [1.54, 1.807) is 6.07 Å². The van der Waals surface area contributed by atoms with Crippen LogP contribution in [-0.2, 0) is 6.54 Å². The molecule has 1 aliphatic heterocycles. The largest absolute Gasteiger partial charge is 0.383 e. The van der Waals surface area contributed by atoms with Crippen LogP contribution >= 0.6 is 0 Å². The molecule has 1 aliphatic rings. The molecule has 7 heteroatoms. The van der Waals surface area contributed by atoms with E-state index in [2.05, 4.69) is 24.8 Å². The molecule has 2 aromatic heterocycles. The number of aromatic amines is 1. The second-order valence-electron chi connectivity index (χ2n) is 6.18. The summed E-state index contributed by atoms with van der Waals surface area (Å²) in [7, 11) is 0. The molecule has 7 nitrogen and oxygen atoms in total. The molecule has 1 fully saturated rings. The van der Waals surface area contributed by atoms with Gasteiger partial charge in [0.05, 0.1) is 23.1 Å². The van der Waals surface area contributed by atoms with Gasteiger partial charge >= 0.3 is 0 Å². The Morgan fingerprint density at radius 1 is 1.08 bits per heavy atom. The number of fused-ring (bicyclic) bond motifs is 1. The molecule has 0 aliphatic carbocycles. The van der Waals surface area contributed by atoms with Crippen LogP contribution in [0, 0.1) is 11.3 Å². The maximum absolute atomic E-state index is 8.95. The van der Waals surface area contributed by atoms with Crippen molar-refractivity contribution in [3.05, 3.63) is 47.8 Å². The van der Waals surface area contributed by atoms with Crippen LogP contribution in [0.3, 0.4) is 0 Å². The number of aromatic nitrogens is 3. The summed E-state index contributed by atoms with van der Waals surface area (Å²) < 4.78 is 0. The normalized spacial score (nSPS) is 15.4. The number of piperazine rings is 1. The number of nitrogens with zero attached hydrogens (tertiary/aromatic N) is 5. The summed E-state index contributed by atoms with van der Waals surface area (Å²) in [6.45, 7) is 4.42. The molecule has 0 bridgehead atoms. The first kappa shape index (κ1) is 15.4. The number of nitrogens with two attached hydrogens (primary N) is 1. The Labute approximate surface area is 145 Å². The van der Waals surface area contributed by atoms with E-state index in [0.717, 1.165) is 55.4 Å². The summed E-state index contributed by atoms with van der Waals surface area (Å²) in [5, 5.41) is 8.95. The highest BCUT2D eigenvalue weighted by atomic mass is 15.3. The molecule has 3 aromatic rings. The first-order valence-electron chi connectivity index (χ1n) is 8.30. The van der Waals surface area contributed by atoms with E-state index in [4.69, 9.17) is 11.0 Å². The molecule has 0 radical (unpaired) electrons. The maximum atomic E-state index is 8.95. The summed E-state index contributed by atoms with van der Waals surface area (Å²) in [6.07, 6.45) is 0. The average Bonchev–Trinajstić information content (AvgIpc) is 3.04. The fourth-order valence-electron chi connectivity index (χ4n) is 3.16. The Hall–Kier alpha value is -3.11. The van der Waals surface area contributed by atoms with Gasteiger partial charge in [0.15, 0.2) is 0 Å². The predicted molar refractivity (Wildman–Crippen MR) is 96.9 cm³/mol. The smallest absolute Gasteiger partial charge is 0.143 e. The molecule has 126 valence electrons. The van der Waals surface area contributed by atoms with Crippen molar-refractivity contribution in [3.63, 3.8) is 0 Å². The molecule has 4 rings (SSSR count). The number of hydrogen-bond acceptors (Lipinski definition) is 6. The predicted octanol–water partition coefficient (Wildman–Crippen LogP) is 1.73. The fourth-order valence-corrected chi connectivity index (χ4v) is 3.16. The van der Waals surface area contributed by atoms with Gasteiger partial charge in [0.2, 0.25) is 0 Å². The molecule has 0 saturated carbocycles. The highest BCUT2D eigenvalue weighted by Gasteiger charge is 2.19. The molecule has 1 saturated heterocycles. The van der Waals surface area contributed by atoms with Crippen molar-refractivity contribution >= 4 is 22.7 Å². The standard InChI is InChI=1S/C18H19N7/c19-11-13-5-6-17(23-18(13)20)25-9-7-24(8-10-25)12-16-21-14-3-1-2-4-15(14)22-16/h1-6H,7-10,12H2,(H2,20,23)(H,21,22). The minimum absolute atomic E-state index is 0.296. The Morgan fingerprint density at radius 2 is 1.88 bits per heavy atom. The number of nitriles is 1. The van der Waals surface area contributed by atoms with Gasteiger partial charge in [-0.05, 0) is 24.3 Å². The zero-order valence-electron chi connectivity index (χ0n) is 13.8. The number of pyridine rings is 1. The molecule has 0 unspecified atom stereocenters. The summed E-state index contributed by atoms with van der Waals surface area (Å²) in [4.78, 5) is 17.0. The van der Waals surface area contributed by atoms with Crippen molar-refractivity contribution in [1.82, 2.24) is 19.9 Å². The molecule has 0 spiro atoms. The maximum Gasteiger partial charge on any atom is 0.143 e. The van der Waals surface area contributed by atoms with Gasteiger partial charge in [-0.1, -0.05) is 12.1 Å². The van der Waals surface area contributed by atoms with Crippen LogP contribution in [0.4, 0.5) is 11.6 Å². The molecular formula is C18H19N7. The van der Waals surface area contributed by atoms with Crippen LogP contribution in [0.15, 0.2) is 36.4 Å². The summed E-state index contributed by atoms with van der Waals surface area (Å²) in [5.74, 6) is 2.12. The molecule has 3 heterocycles. The van der Waals surface area contributed by atoms with Crippen molar-refractivity contribution in [3.8, 4) is 6.07 Å². The number of hydrogen-bond donors (Lipinski definition) is 2. The third-order valence-corrected chi connectivity index (χ3v) is 4.54. The van der Waals surface area contributed by atoms with Crippen molar-refractivity contribution in [2.45, 2.75) is 6.54 Å². The van der Waals surface area contributed by atoms with E-state index in [1.165, 1.54) is 0 Å². The lowest BCUT2D eigenvalue weighted by Gasteiger charge is -2.35.